The van der Waals surface area contributed by atoms with Crippen molar-refractivity contribution in [2.24, 2.45) is 5.73 Å². The van der Waals surface area contributed by atoms with Gasteiger partial charge in [0.25, 0.3) is 0 Å². The molecule has 5 N–H and O–H groups in total. The molecule has 0 atom stereocenters. The molecule has 2 rings (SSSR count). The number of anilines is 1. The fraction of sp³-hybridized carbons (Fsp3) is 0.0667. The van der Waals surface area contributed by atoms with Crippen molar-refractivity contribution in [1.29, 1.82) is 0 Å². The van der Waals surface area contributed by atoms with Crippen molar-refractivity contribution in [1.82, 2.24) is 0 Å². The number of nitrogens with two attached hydrogens (primary N) is 1. The van der Waals surface area contributed by atoms with E-state index in [1.165, 1.54) is 6.20 Å². The number of carboxylic acid groups (broad SMARTS) is 2. The van der Waals surface area contributed by atoms with E-state index in [1.54, 1.807) is 36.4 Å². The molecular weight excluding hydrogens is 272 g/mol. The normalized spacial score (nSPS) is 10.9. The molecule has 2 aromatic carbocycles. The third-order valence-corrected chi connectivity index (χ3v) is 3.02. The van der Waals surface area contributed by atoms with Gasteiger partial charge in [-0.05, 0) is 29.1 Å². The Morgan fingerprint density at radius 3 is 2.43 bits per heavy atom. The number of carboxylic acids is 2. The lowest BCUT2D eigenvalue weighted by molar-refractivity contribution is 0.0654. The van der Waals surface area contributed by atoms with Gasteiger partial charge in [-0.15, -0.1) is 0 Å². The highest BCUT2D eigenvalue weighted by atomic mass is 16.4. The lowest BCUT2D eigenvalue weighted by Crippen LogP contribution is -2.13. The monoisotopic (exact) mass is 286 g/mol. The Morgan fingerprint density at radius 1 is 1.14 bits per heavy atom. The zero-order valence-corrected chi connectivity index (χ0v) is 11.0. The van der Waals surface area contributed by atoms with Gasteiger partial charge in [0, 0.05) is 6.54 Å². The van der Waals surface area contributed by atoms with Gasteiger partial charge in [-0.2, -0.15) is 0 Å². The van der Waals surface area contributed by atoms with E-state index >= 15 is 0 Å². The largest absolute Gasteiger partial charge is 0.478 e. The first-order valence-corrected chi connectivity index (χ1v) is 6.19. The lowest BCUT2D eigenvalue weighted by atomic mass is 9.97. The van der Waals surface area contributed by atoms with Crippen LogP contribution >= 0.6 is 0 Å². The predicted molar refractivity (Wildman–Crippen MR) is 79.7 cm³/mol. The second kappa shape index (κ2) is 5.96. The molecule has 6 nitrogen and oxygen atoms in total. The second-order valence-corrected chi connectivity index (χ2v) is 4.31. The molecule has 6 heteroatoms. The number of hydrogen-bond acceptors (Lipinski definition) is 4. The van der Waals surface area contributed by atoms with Crippen LogP contribution in [-0.4, -0.2) is 28.7 Å². The van der Waals surface area contributed by atoms with Gasteiger partial charge in [0.1, 0.15) is 0 Å². The second-order valence-electron chi connectivity index (χ2n) is 4.31. The molecule has 0 bridgehead atoms. The van der Waals surface area contributed by atoms with Gasteiger partial charge in [-0.3, -0.25) is 0 Å². The summed E-state index contributed by atoms with van der Waals surface area (Å²) in [5.41, 5.74) is 5.00. The van der Waals surface area contributed by atoms with Gasteiger partial charge in [0.2, 0.25) is 0 Å². The summed E-state index contributed by atoms with van der Waals surface area (Å²) < 4.78 is 0. The number of aromatic carboxylic acids is 2. The number of rotatable bonds is 5. The van der Waals surface area contributed by atoms with E-state index in [4.69, 9.17) is 5.73 Å². The number of carbonyl (C=O) groups is 2. The van der Waals surface area contributed by atoms with E-state index in [0.717, 1.165) is 0 Å². The van der Waals surface area contributed by atoms with Gasteiger partial charge >= 0.3 is 11.9 Å². The van der Waals surface area contributed by atoms with Gasteiger partial charge in [0.05, 0.1) is 16.8 Å². The van der Waals surface area contributed by atoms with E-state index in [2.05, 4.69) is 5.32 Å². The number of fused-ring (bicyclic) bond motifs is 1. The SMILES string of the molecule is NC=CCNc1cc2ccccc2c(C(=O)O)c1C(=O)O. The molecule has 0 saturated carbocycles. The maximum Gasteiger partial charge on any atom is 0.338 e. The van der Waals surface area contributed by atoms with Crippen LogP contribution in [0.5, 0.6) is 0 Å². The van der Waals surface area contributed by atoms with Crippen molar-refractivity contribution >= 4 is 28.4 Å². The smallest absolute Gasteiger partial charge is 0.338 e. The lowest BCUT2D eigenvalue weighted by Gasteiger charge is -2.13. The minimum Gasteiger partial charge on any atom is -0.478 e. The maximum absolute atomic E-state index is 11.5. The fourth-order valence-electron chi connectivity index (χ4n) is 2.17. The Morgan fingerprint density at radius 2 is 1.81 bits per heavy atom. The Kier molecular flexibility index (Phi) is 4.08. The third-order valence-electron chi connectivity index (χ3n) is 3.02. The molecule has 0 radical (unpaired) electrons. The number of benzene rings is 2. The molecule has 108 valence electrons. The summed E-state index contributed by atoms with van der Waals surface area (Å²) in [4.78, 5) is 23.0. The van der Waals surface area contributed by atoms with Gasteiger partial charge in [-0.25, -0.2) is 9.59 Å². The Labute approximate surface area is 120 Å². The predicted octanol–water partition coefficient (Wildman–Crippen LogP) is 2.12. The molecule has 0 heterocycles. The molecule has 0 aliphatic rings. The highest BCUT2D eigenvalue weighted by Gasteiger charge is 2.23. The summed E-state index contributed by atoms with van der Waals surface area (Å²) in [5.74, 6) is -2.57. The molecule has 0 aromatic heterocycles. The third kappa shape index (κ3) is 2.79. The summed E-state index contributed by atoms with van der Waals surface area (Å²) in [6, 6.07) is 8.38. The average molecular weight is 286 g/mol. The molecule has 21 heavy (non-hydrogen) atoms. The summed E-state index contributed by atoms with van der Waals surface area (Å²) >= 11 is 0. The van der Waals surface area contributed by atoms with Gasteiger partial charge in [-0.1, -0.05) is 24.3 Å². The number of hydrogen-bond donors (Lipinski definition) is 4. The van der Waals surface area contributed by atoms with Crippen molar-refractivity contribution < 1.29 is 19.8 Å². The van der Waals surface area contributed by atoms with Crippen molar-refractivity contribution in [3.8, 4) is 0 Å². The van der Waals surface area contributed by atoms with Crippen LogP contribution in [0.1, 0.15) is 20.7 Å². The topological polar surface area (TPSA) is 113 Å². The highest BCUT2D eigenvalue weighted by molar-refractivity contribution is 6.15. The first kappa shape index (κ1) is 14.4. The van der Waals surface area contributed by atoms with Crippen molar-refractivity contribution in [3.63, 3.8) is 0 Å². The zero-order chi connectivity index (χ0) is 15.4. The molecule has 0 spiro atoms. The van der Waals surface area contributed by atoms with Gasteiger partial charge < -0.3 is 21.3 Å². The van der Waals surface area contributed by atoms with Crippen LogP contribution in [0, 0.1) is 0 Å². The van der Waals surface area contributed by atoms with Crippen LogP contribution in [0.4, 0.5) is 5.69 Å². The summed E-state index contributed by atoms with van der Waals surface area (Å²) in [5, 5.41) is 22.7. The molecular formula is C15H14N2O4. The minimum absolute atomic E-state index is 0.222. The first-order valence-electron chi connectivity index (χ1n) is 6.19. The van der Waals surface area contributed by atoms with Crippen LogP contribution in [-0.2, 0) is 0 Å². The molecule has 0 fully saturated rings. The van der Waals surface area contributed by atoms with Crippen molar-refractivity contribution in [2.45, 2.75) is 0 Å². The highest BCUT2D eigenvalue weighted by Crippen LogP contribution is 2.29. The molecule has 0 unspecified atom stereocenters. The maximum atomic E-state index is 11.5. The molecule has 0 aliphatic carbocycles. The number of nitrogens with one attached hydrogen (secondary N) is 1. The van der Waals surface area contributed by atoms with Gasteiger partial charge in [0.15, 0.2) is 0 Å². The van der Waals surface area contributed by atoms with Crippen LogP contribution in [0.2, 0.25) is 0 Å². The molecule has 0 saturated heterocycles. The Bertz CT molecular complexity index is 738. The van der Waals surface area contributed by atoms with Crippen LogP contribution < -0.4 is 11.1 Å². The van der Waals surface area contributed by atoms with E-state index in [0.29, 0.717) is 17.3 Å². The minimum atomic E-state index is -1.29. The van der Waals surface area contributed by atoms with E-state index in [9.17, 15) is 19.8 Å². The van der Waals surface area contributed by atoms with Crippen molar-refractivity contribution in [3.05, 3.63) is 53.7 Å². The Hall–Kier alpha value is -3.02. The molecule has 0 aliphatic heterocycles. The zero-order valence-electron chi connectivity index (χ0n) is 11.0. The standard InChI is InChI=1S/C15H14N2O4/c16-6-3-7-17-11-8-9-4-1-2-5-10(9)12(14(18)19)13(11)15(20)21/h1-6,8,17H,7,16H2,(H,18,19)(H,20,21). The van der Waals surface area contributed by atoms with E-state index < -0.39 is 11.9 Å². The summed E-state index contributed by atoms with van der Waals surface area (Å²) in [6.45, 7) is 0.300. The Balaban J connectivity index is 2.74. The quantitative estimate of drug-likeness (QED) is 0.669. The molecule has 0 amide bonds. The summed E-state index contributed by atoms with van der Waals surface area (Å²) in [6.07, 6.45) is 2.92. The van der Waals surface area contributed by atoms with Crippen molar-refractivity contribution in [2.75, 3.05) is 11.9 Å². The van der Waals surface area contributed by atoms with E-state index in [-0.39, 0.29) is 16.8 Å². The average Bonchev–Trinajstić information content (AvgIpc) is 2.45. The van der Waals surface area contributed by atoms with Crippen LogP contribution in [0.3, 0.4) is 0 Å². The van der Waals surface area contributed by atoms with E-state index in [1.807, 2.05) is 0 Å². The van der Waals surface area contributed by atoms with Crippen LogP contribution in [0.15, 0.2) is 42.6 Å². The molecule has 2 aromatic rings. The summed E-state index contributed by atoms with van der Waals surface area (Å²) in [7, 11) is 0. The van der Waals surface area contributed by atoms with Crippen LogP contribution in [0.25, 0.3) is 10.8 Å². The first-order chi connectivity index (χ1) is 10.1. The fourth-order valence-corrected chi connectivity index (χ4v) is 2.17.